The first-order chi connectivity index (χ1) is 18.5. The van der Waals surface area contributed by atoms with Gasteiger partial charge in [-0.05, 0) is 42.4 Å². The molecule has 13 heteroatoms. The summed E-state index contributed by atoms with van der Waals surface area (Å²) in [6, 6.07) is 2.96. The van der Waals surface area contributed by atoms with Crippen LogP contribution in [0.2, 0.25) is 0 Å². The van der Waals surface area contributed by atoms with Crippen LogP contribution in [0.3, 0.4) is 0 Å². The zero-order valence-electron chi connectivity index (χ0n) is 22.4. The van der Waals surface area contributed by atoms with Crippen molar-refractivity contribution in [1.82, 2.24) is 20.9 Å². The Bertz CT molecular complexity index is 1170. The second kappa shape index (κ2) is 15.1. The van der Waals surface area contributed by atoms with E-state index in [0.717, 1.165) is 16.5 Å². The van der Waals surface area contributed by atoms with E-state index in [1.54, 1.807) is 20.0 Å². The van der Waals surface area contributed by atoms with Crippen molar-refractivity contribution in [2.75, 3.05) is 12.0 Å². The molecule has 4 amide bonds. The molecule has 0 spiro atoms. The number of H-pyrrole nitrogens is 1. The van der Waals surface area contributed by atoms with Crippen LogP contribution in [0, 0.1) is 5.92 Å². The Kier molecular flexibility index (Phi) is 12.3. The zero-order valence-corrected chi connectivity index (χ0v) is 23.2. The number of primary amides is 1. The lowest BCUT2D eigenvalue weighted by atomic mass is 9.98. The normalized spacial score (nSPS) is 15.0. The van der Waals surface area contributed by atoms with Gasteiger partial charge in [0.25, 0.3) is 0 Å². The van der Waals surface area contributed by atoms with Crippen molar-refractivity contribution in [2.45, 2.75) is 63.7 Å². The van der Waals surface area contributed by atoms with Gasteiger partial charge in [0, 0.05) is 17.1 Å². The molecule has 214 valence electrons. The molecule has 0 aliphatic carbocycles. The minimum Gasteiger partial charge on any atom is -0.480 e. The molecule has 0 bridgehead atoms. The van der Waals surface area contributed by atoms with E-state index in [1.807, 2.05) is 30.5 Å². The fraction of sp³-hybridized carbons (Fsp3) is 0.500. The predicted molar refractivity (Wildman–Crippen MR) is 150 cm³/mol. The van der Waals surface area contributed by atoms with Crippen LogP contribution in [0.25, 0.3) is 10.9 Å². The Hall–Kier alpha value is -3.58. The number of carbonyl (C=O) groups excluding carboxylic acids is 4. The van der Waals surface area contributed by atoms with Gasteiger partial charge < -0.3 is 37.5 Å². The van der Waals surface area contributed by atoms with Gasteiger partial charge in [-0.15, -0.1) is 0 Å². The van der Waals surface area contributed by atoms with Crippen molar-refractivity contribution < 1.29 is 29.1 Å². The van der Waals surface area contributed by atoms with Gasteiger partial charge in [-0.3, -0.25) is 19.2 Å². The van der Waals surface area contributed by atoms with E-state index in [1.165, 1.54) is 11.8 Å². The molecule has 0 aliphatic rings. The highest BCUT2D eigenvalue weighted by Gasteiger charge is 2.32. The lowest BCUT2D eigenvalue weighted by Crippen LogP contribution is -2.58. The van der Waals surface area contributed by atoms with Crippen LogP contribution in [0.4, 0.5) is 0 Å². The Labute approximate surface area is 231 Å². The van der Waals surface area contributed by atoms with Gasteiger partial charge in [0.15, 0.2) is 0 Å². The van der Waals surface area contributed by atoms with Crippen LogP contribution in [0.15, 0.2) is 30.5 Å². The number of amides is 4. The van der Waals surface area contributed by atoms with E-state index in [2.05, 4.69) is 20.9 Å². The maximum Gasteiger partial charge on any atom is 0.326 e. The first kappa shape index (κ1) is 31.6. The Balaban J connectivity index is 2.13. The third kappa shape index (κ3) is 9.29. The molecule has 1 heterocycles. The van der Waals surface area contributed by atoms with E-state index in [9.17, 15) is 29.1 Å². The minimum absolute atomic E-state index is 0.228. The minimum atomic E-state index is -1.42. The summed E-state index contributed by atoms with van der Waals surface area (Å²) in [5, 5.41) is 17.9. The first-order valence-corrected chi connectivity index (χ1v) is 14.1. The van der Waals surface area contributed by atoms with Crippen molar-refractivity contribution in [1.29, 1.82) is 0 Å². The number of hydrogen-bond acceptors (Lipinski definition) is 7. The number of carboxylic acid groups (broad SMARTS) is 1. The highest BCUT2D eigenvalue weighted by Crippen LogP contribution is 2.19. The van der Waals surface area contributed by atoms with Gasteiger partial charge in [-0.1, -0.05) is 38.5 Å². The summed E-state index contributed by atoms with van der Waals surface area (Å²) in [6.07, 6.45) is 4.01. The van der Waals surface area contributed by atoms with Gasteiger partial charge in [0.05, 0.1) is 12.5 Å². The number of aliphatic carboxylic acids is 1. The monoisotopic (exact) mass is 562 g/mol. The van der Waals surface area contributed by atoms with Crippen molar-refractivity contribution in [2.24, 2.45) is 17.4 Å². The van der Waals surface area contributed by atoms with E-state index in [0.29, 0.717) is 12.2 Å². The molecule has 5 atom stereocenters. The number of fused-ring (bicyclic) bond motifs is 1. The second-order valence-electron chi connectivity index (χ2n) is 9.45. The molecule has 0 aliphatic heterocycles. The van der Waals surface area contributed by atoms with Gasteiger partial charge >= 0.3 is 5.97 Å². The van der Waals surface area contributed by atoms with Crippen molar-refractivity contribution in [3.8, 4) is 0 Å². The summed E-state index contributed by atoms with van der Waals surface area (Å²) >= 11 is 1.46. The number of para-hydroxylation sites is 1. The number of carbonyl (C=O) groups is 5. The Morgan fingerprint density at radius 1 is 1.03 bits per heavy atom. The number of aromatic amines is 1. The Morgan fingerprint density at radius 3 is 2.28 bits per heavy atom. The number of nitrogens with two attached hydrogens (primary N) is 2. The van der Waals surface area contributed by atoms with Crippen LogP contribution in [0.1, 0.15) is 38.7 Å². The average molecular weight is 563 g/mol. The van der Waals surface area contributed by atoms with Gasteiger partial charge in [-0.25, -0.2) is 4.79 Å². The molecule has 0 radical (unpaired) electrons. The molecule has 39 heavy (non-hydrogen) atoms. The van der Waals surface area contributed by atoms with Gasteiger partial charge in [0.1, 0.15) is 18.1 Å². The fourth-order valence-corrected chi connectivity index (χ4v) is 4.50. The van der Waals surface area contributed by atoms with E-state index in [-0.39, 0.29) is 12.8 Å². The number of carboxylic acids is 1. The lowest BCUT2D eigenvalue weighted by Gasteiger charge is -2.26. The number of rotatable bonds is 16. The maximum atomic E-state index is 13.2. The first-order valence-electron chi connectivity index (χ1n) is 12.7. The molecule has 5 unspecified atom stereocenters. The predicted octanol–water partition coefficient (Wildman–Crippen LogP) is 0.251. The van der Waals surface area contributed by atoms with Crippen LogP contribution in [-0.2, 0) is 30.4 Å². The van der Waals surface area contributed by atoms with E-state index >= 15 is 0 Å². The molecule has 0 fully saturated rings. The third-order valence-electron chi connectivity index (χ3n) is 6.51. The summed E-state index contributed by atoms with van der Waals surface area (Å²) in [5.41, 5.74) is 13.2. The summed E-state index contributed by atoms with van der Waals surface area (Å²) in [7, 11) is 0. The maximum absolute atomic E-state index is 13.2. The number of thioether (sulfide) groups is 1. The van der Waals surface area contributed by atoms with Crippen LogP contribution < -0.4 is 27.4 Å². The molecule has 0 saturated heterocycles. The highest BCUT2D eigenvalue weighted by atomic mass is 32.2. The molecule has 2 aromatic rings. The SMILES string of the molecule is CCC(C)C(NC(=O)C(CC(N)=O)NC(=O)C(CCSC)NC(=O)C(N)Cc1c[nH]c2ccccc12)C(=O)O. The highest BCUT2D eigenvalue weighted by molar-refractivity contribution is 7.98. The van der Waals surface area contributed by atoms with Crippen LogP contribution in [0.5, 0.6) is 0 Å². The molecule has 2 rings (SSSR count). The summed E-state index contributed by atoms with van der Waals surface area (Å²) in [5.74, 6) is -4.12. The van der Waals surface area contributed by atoms with Gasteiger partial charge in [-0.2, -0.15) is 11.8 Å². The zero-order chi connectivity index (χ0) is 29.1. The average Bonchev–Trinajstić information content (AvgIpc) is 3.30. The topological polar surface area (TPSA) is 209 Å². The molecule has 9 N–H and O–H groups in total. The smallest absolute Gasteiger partial charge is 0.326 e. The quantitative estimate of drug-likeness (QED) is 0.150. The lowest BCUT2D eigenvalue weighted by molar-refractivity contribution is -0.144. The van der Waals surface area contributed by atoms with Crippen LogP contribution in [-0.4, -0.2) is 75.9 Å². The summed E-state index contributed by atoms with van der Waals surface area (Å²) in [6.45, 7) is 3.44. The molecular weight excluding hydrogens is 524 g/mol. The summed E-state index contributed by atoms with van der Waals surface area (Å²) < 4.78 is 0. The number of benzene rings is 1. The largest absolute Gasteiger partial charge is 0.480 e. The van der Waals surface area contributed by atoms with E-state index < -0.39 is 66.1 Å². The van der Waals surface area contributed by atoms with Crippen molar-refractivity contribution in [3.05, 3.63) is 36.0 Å². The molecule has 1 aromatic heterocycles. The fourth-order valence-electron chi connectivity index (χ4n) is 4.03. The van der Waals surface area contributed by atoms with E-state index in [4.69, 9.17) is 11.5 Å². The molecule has 0 saturated carbocycles. The molecule has 12 nitrogen and oxygen atoms in total. The summed E-state index contributed by atoms with van der Waals surface area (Å²) in [4.78, 5) is 65.4. The van der Waals surface area contributed by atoms with Crippen molar-refractivity contribution >= 4 is 52.3 Å². The second-order valence-corrected chi connectivity index (χ2v) is 10.4. The molecule has 1 aromatic carbocycles. The number of nitrogens with one attached hydrogen (secondary N) is 4. The molecular formula is C26H38N6O6S. The standard InChI is InChI=1S/C26H38N6O6S/c1-4-14(2)22(26(37)38)32-25(36)20(12-21(28)33)31-24(35)19(9-10-39-3)30-23(34)17(27)11-15-13-29-18-8-6-5-7-16(15)18/h5-8,13-14,17,19-20,22,29H,4,9-12,27H2,1-3H3,(H2,28,33)(H,30,34)(H,31,35)(H,32,36)(H,37,38). The van der Waals surface area contributed by atoms with Crippen LogP contribution >= 0.6 is 11.8 Å². The third-order valence-corrected chi connectivity index (χ3v) is 7.15. The van der Waals surface area contributed by atoms with Crippen molar-refractivity contribution in [3.63, 3.8) is 0 Å². The number of hydrogen-bond donors (Lipinski definition) is 7. The van der Waals surface area contributed by atoms with Gasteiger partial charge in [0.2, 0.25) is 23.6 Å². The number of aromatic nitrogens is 1. The Morgan fingerprint density at radius 2 is 1.67 bits per heavy atom.